The summed E-state index contributed by atoms with van der Waals surface area (Å²) in [7, 11) is 0. The van der Waals surface area contributed by atoms with Gasteiger partial charge in [-0.3, -0.25) is 4.90 Å². The Kier molecular flexibility index (Phi) is 5.90. The van der Waals surface area contributed by atoms with E-state index in [0.717, 1.165) is 45.6 Å². The monoisotopic (exact) mass is 422 g/mol. The summed E-state index contributed by atoms with van der Waals surface area (Å²) in [5.41, 5.74) is 1.83. The zero-order valence-electron chi connectivity index (χ0n) is 17.5. The van der Waals surface area contributed by atoms with E-state index < -0.39 is 0 Å². The van der Waals surface area contributed by atoms with Gasteiger partial charge < -0.3 is 9.64 Å². The van der Waals surface area contributed by atoms with Crippen LogP contribution in [0.2, 0.25) is 0 Å². The third kappa shape index (κ3) is 4.31. The fourth-order valence-electron chi connectivity index (χ4n) is 4.59. The lowest BCUT2D eigenvalue weighted by atomic mass is 10.0. The molecule has 0 radical (unpaired) electrons. The summed E-state index contributed by atoms with van der Waals surface area (Å²) < 4.78 is 22.5. The van der Waals surface area contributed by atoms with E-state index in [-0.39, 0.29) is 18.0 Å². The van der Waals surface area contributed by atoms with Crippen molar-refractivity contribution < 1.29 is 9.13 Å². The van der Waals surface area contributed by atoms with Crippen molar-refractivity contribution in [2.24, 2.45) is 0 Å². The molecule has 0 amide bonds. The molecule has 3 heterocycles. The number of hydrogen-bond acceptors (Lipinski definition) is 6. The van der Waals surface area contributed by atoms with Gasteiger partial charge in [0.15, 0.2) is 5.82 Å². The van der Waals surface area contributed by atoms with Gasteiger partial charge in [0, 0.05) is 44.0 Å². The maximum atomic E-state index is 14.9. The first-order valence-corrected chi connectivity index (χ1v) is 11.0. The number of anilines is 1. The second-order valence-electron chi connectivity index (χ2n) is 8.14. The van der Waals surface area contributed by atoms with Crippen LogP contribution in [-0.2, 0) is 11.3 Å². The van der Waals surface area contributed by atoms with Crippen molar-refractivity contribution in [2.75, 3.05) is 37.7 Å². The van der Waals surface area contributed by atoms with Crippen molar-refractivity contribution >= 4 is 5.69 Å². The van der Waals surface area contributed by atoms with Gasteiger partial charge in [-0.2, -0.15) is 0 Å². The van der Waals surface area contributed by atoms with E-state index in [2.05, 4.69) is 49.6 Å². The van der Waals surface area contributed by atoms with Gasteiger partial charge in [0.05, 0.1) is 12.6 Å². The molecule has 162 valence electrons. The predicted molar refractivity (Wildman–Crippen MR) is 115 cm³/mol. The number of hydrogen-bond donors (Lipinski definition) is 0. The highest BCUT2D eigenvalue weighted by atomic mass is 19.1. The second-order valence-corrected chi connectivity index (χ2v) is 8.14. The lowest BCUT2D eigenvalue weighted by Crippen LogP contribution is -2.48. The molecule has 2 aliphatic heterocycles. The Morgan fingerprint density at radius 3 is 2.52 bits per heavy atom. The number of piperazine rings is 1. The van der Waals surface area contributed by atoms with Crippen molar-refractivity contribution in [1.29, 1.82) is 0 Å². The highest BCUT2D eigenvalue weighted by Gasteiger charge is 2.33. The van der Waals surface area contributed by atoms with Crippen molar-refractivity contribution in [2.45, 2.75) is 31.5 Å². The van der Waals surface area contributed by atoms with Gasteiger partial charge >= 0.3 is 0 Å². The Morgan fingerprint density at radius 1 is 1.00 bits per heavy atom. The van der Waals surface area contributed by atoms with Crippen LogP contribution in [0, 0.1) is 5.82 Å². The third-order valence-electron chi connectivity index (χ3n) is 6.21. The minimum atomic E-state index is -0.337. The minimum Gasteiger partial charge on any atom is -0.376 e. The molecule has 1 aromatic heterocycles. The number of aromatic nitrogens is 4. The van der Waals surface area contributed by atoms with Gasteiger partial charge in [0.2, 0.25) is 0 Å². The molecule has 0 bridgehead atoms. The third-order valence-corrected chi connectivity index (χ3v) is 6.21. The Morgan fingerprint density at radius 2 is 1.77 bits per heavy atom. The van der Waals surface area contributed by atoms with Gasteiger partial charge in [0.1, 0.15) is 11.9 Å². The first-order chi connectivity index (χ1) is 15.3. The number of tetrazole rings is 1. The predicted octanol–water partition coefficient (Wildman–Crippen LogP) is 2.90. The first-order valence-electron chi connectivity index (χ1n) is 11.0. The SMILES string of the molecule is Fc1ccccc1[C@@H](c1nnnn1C[C@H]1CCCO1)N1CCN(c2ccccc2)CC1. The summed E-state index contributed by atoms with van der Waals surface area (Å²) in [4.78, 5) is 4.65. The van der Waals surface area contributed by atoms with E-state index in [9.17, 15) is 4.39 Å². The molecule has 5 rings (SSSR count). The number of ether oxygens (including phenoxy) is 1. The lowest BCUT2D eigenvalue weighted by molar-refractivity contribution is 0.0906. The zero-order valence-corrected chi connectivity index (χ0v) is 17.5. The number of benzene rings is 2. The maximum absolute atomic E-state index is 14.9. The zero-order chi connectivity index (χ0) is 21.0. The van der Waals surface area contributed by atoms with Crippen molar-refractivity contribution in [3.63, 3.8) is 0 Å². The molecule has 0 aliphatic carbocycles. The molecule has 7 nitrogen and oxygen atoms in total. The summed E-state index contributed by atoms with van der Waals surface area (Å²) in [6.07, 6.45) is 2.16. The molecule has 2 aliphatic rings. The smallest absolute Gasteiger partial charge is 0.173 e. The van der Waals surface area contributed by atoms with Gasteiger partial charge in [-0.25, -0.2) is 9.07 Å². The van der Waals surface area contributed by atoms with Crippen molar-refractivity contribution in [1.82, 2.24) is 25.1 Å². The summed E-state index contributed by atoms with van der Waals surface area (Å²) in [6.45, 7) is 4.68. The van der Waals surface area contributed by atoms with Crippen LogP contribution < -0.4 is 4.90 Å². The minimum absolute atomic E-state index is 0.110. The number of rotatable bonds is 6. The molecule has 2 atom stereocenters. The normalized spacial score (nSPS) is 20.8. The molecule has 0 spiro atoms. The quantitative estimate of drug-likeness (QED) is 0.609. The first kappa shape index (κ1) is 20.1. The lowest BCUT2D eigenvalue weighted by Gasteiger charge is -2.40. The molecule has 0 unspecified atom stereocenters. The summed E-state index contributed by atoms with van der Waals surface area (Å²) in [5.74, 6) is 0.443. The van der Waals surface area contributed by atoms with Crippen molar-refractivity contribution in [3.8, 4) is 0 Å². The standard InChI is InChI=1S/C23H27FN6O/c24-21-11-5-4-10-20(21)22(23-25-26-27-30(23)17-19-9-6-16-31-19)29-14-12-28(13-15-29)18-7-2-1-3-8-18/h1-5,7-8,10-11,19,22H,6,9,12-17H2/t19-,22+/m1/s1. The maximum Gasteiger partial charge on any atom is 0.173 e. The molecule has 2 saturated heterocycles. The molecule has 2 fully saturated rings. The largest absolute Gasteiger partial charge is 0.376 e. The van der Waals surface area contributed by atoms with Crippen LogP contribution in [0.5, 0.6) is 0 Å². The van der Waals surface area contributed by atoms with Gasteiger partial charge in [-0.15, -0.1) is 5.10 Å². The molecule has 2 aromatic carbocycles. The average Bonchev–Trinajstić information content (AvgIpc) is 3.49. The molecular formula is C23H27FN6O. The van der Waals surface area contributed by atoms with E-state index in [1.54, 1.807) is 10.7 Å². The summed E-state index contributed by atoms with van der Waals surface area (Å²) >= 11 is 0. The van der Waals surface area contributed by atoms with Crippen LogP contribution in [-0.4, -0.2) is 64.0 Å². The number of nitrogens with zero attached hydrogens (tertiary/aromatic N) is 6. The second kappa shape index (κ2) is 9.11. The highest BCUT2D eigenvalue weighted by Crippen LogP contribution is 2.31. The Hall–Kier alpha value is -2.84. The fraction of sp³-hybridized carbons (Fsp3) is 0.435. The number of para-hydroxylation sites is 1. The summed E-state index contributed by atoms with van der Waals surface area (Å²) in [5, 5.41) is 12.5. The Labute approximate surface area is 181 Å². The van der Waals surface area contributed by atoms with Crippen LogP contribution in [0.3, 0.4) is 0 Å². The van der Waals surface area contributed by atoms with Crippen LogP contribution in [0.1, 0.15) is 30.3 Å². The topological polar surface area (TPSA) is 59.3 Å². The van der Waals surface area contributed by atoms with Crippen LogP contribution >= 0.6 is 0 Å². The van der Waals surface area contributed by atoms with E-state index in [0.29, 0.717) is 17.9 Å². The molecule has 0 N–H and O–H groups in total. The van der Waals surface area contributed by atoms with Crippen LogP contribution in [0.25, 0.3) is 0 Å². The van der Waals surface area contributed by atoms with Crippen molar-refractivity contribution in [3.05, 3.63) is 71.8 Å². The fourth-order valence-corrected chi connectivity index (χ4v) is 4.59. The van der Waals surface area contributed by atoms with E-state index in [1.165, 1.54) is 11.8 Å². The molecule has 31 heavy (non-hydrogen) atoms. The van der Waals surface area contributed by atoms with Crippen LogP contribution in [0.15, 0.2) is 54.6 Å². The van der Waals surface area contributed by atoms with E-state index in [1.807, 2.05) is 18.2 Å². The molecule has 8 heteroatoms. The Balaban J connectivity index is 1.42. The van der Waals surface area contributed by atoms with E-state index >= 15 is 0 Å². The Bertz CT molecular complexity index is 982. The van der Waals surface area contributed by atoms with Gasteiger partial charge in [-0.1, -0.05) is 36.4 Å². The van der Waals surface area contributed by atoms with Crippen LogP contribution in [0.4, 0.5) is 10.1 Å². The van der Waals surface area contributed by atoms with E-state index in [4.69, 9.17) is 4.74 Å². The summed E-state index contributed by atoms with van der Waals surface area (Å²) in [6, 6.07) is 17.0. The van der Waals surface area contributed by atoms with Gasteiger partial charge in [0.25, 0.3) is 0 Å². The molecular weight excluding hydrogens is 395 g/mol. The molecule has 3 aromatic rings. The average molecular weight is 423 g/mol. The number of halogens is 1. The molecule has 0 saturated carbocycles. The van der Waals surface area contributed by atoms with Gasteiger partial charge in [-0.05, 0) is 41.5 Å². The highest BCUT2D eigenvalue weighted by molar-refractivity contribution is 5.46.